The first kappa shape index (κ1) is 23.5. The van der Waals surface area contributed by atoms with Gasteiger partial charge in [-0.15, -0.1) is 0 Å². The van der Waals surface area contributed by atoms with Gasteiger partial charge in [0, 0.05) is 51.0 Å². The number of pyridine rings is 1. The van der Waals surface area contributed by atoms with E-state index in [9.17, 15) is 18.0 Å². The number of hydrogen-bond donors (Lipinski definition) is 1. The number of ether oxygens (including phenoxy) is 1. The fourth-order valence-corrected chi connectivity index (χ4v) is 4.01. The predicted octanol–water partition coefficient (Wildman–Crippen LogP) is 2.81. The minimum atomic E-state index is -5.08. The second kappa shape index (κ2) is 9.99. The Morgan fingerprint density at radius 3 is 2.34 bits per heavy atom. The van der Waals surface area contributed by atoms with E-state index in [0.29, 0.717) is 18.4 Å². The Labute approximate surface area is 183 Å². The van der Waals surface area contributed by atoms with Crippen molar-refractivity contribution in [3.05, 3.63) is 59.9 Å². The van der Waals surface area contributed by atoms with E-state index in [1.807, 2.05) is 41.4 Å². The Kier molecular flexibility index (Phi) is 7.34. The number of carbonyl (C=O) groups is 2. The summed E-state index contributed by atoms with van der Waals surface area (Å²) in [5.41, 5.74) is 2.37. The summed E-state index contributed by atoms with van der Waals surface area (Å²) in [7, 11) is 1.66. The van der Waals surface area contributed by atoms with E-state index < -0.39 is 12.1 Å². The first-order valence-corrected chi connectivity index (χ1v) is 10.0. The van der Waals surface area contributed by atoms with E-state index in [2.05, 4.69) is 16.0 Å². The highest BCUT2D eigenvalue weighted by Crippen LogP contribution is 2.33. The molecule has 4 rings (SSSR count). The second-order valence-corrected chi connectivity index (χ2v) is 7.79. The molecule has 0 radical (unpaired) electrons. The Morgan fingerprint density at radius 1 is 1.12 bits per heavy atom. The number of hydrogen-bond acceptors (Lipinski definition) is 5. The van der Waals surface area contributed by atoms with Crippen molar-refractivity contribution >= 4 is 11.9 Å². The summed E-state index contributed by atoms with van der Waals surface area (Å²) in [5.74, 6) is -1.02. The molecule has 2 aliphatic heterocycles. The lowest BCUT2D eigenvalue weighted by atomic mass is 10.0. The van der Waals surface area contributed by atoms with E-state index in [0.717, 1.165) is 37.5 Å². The van der Waals surface area contributed by atoms with Gasteiger partial charge in [-0.25, -0.2) is 4.79 Å². The monoisotopic (exact) mass is 451 g/mol. The van der Waals surface area contributed by atoms with Crippen LogP contribution in [0.25, 0.3) is 0 Å². The molecule has 3 heterocycles. The number of likely N-dealkylation sites (tertiary alicyclic amines) is 2. The molecular formula is C22H24F3N3O4. The van der Waals surface area contributed by atoms with Gasteiger partial charge in [-0.2, -0.15) is 13.2 Å². The number of methoxy groups -OCH3 is 1. The molecule has 0 saturated carbocycles. The molecule has 0 bridgehead atoms. The molecule has 2 saturated heterocycles. The number of carboxylic acids is 1. The van der Waals surface area contributed by atoms with Crippen molar-refractivity contribution in [3.63, 3.8) is 0 Å². The number of benzene rings is 1. The van der Waals surface area contributed by atoms with Gasteiger partial charge in [0.15, 0.2) is 0 Å². The number of carbonyl (C=O) groups excluding carboxylic acids is 1. The highest BCUT2D eigenvalue weighted by atomic mass is 19.4. The van der Waals surface area contributed by atoms with E-state index in [-0.39, 0.29) is 5.92 Å². The number of nitrogens with zero attached hydrogens (tertiary/aromatic N) is 3. The molecule has 0 aliphatic carbocycles. The van der Waals surface area contributed by atoms with Crippen LogP contribution in [-0.4, -0.2) is 64.7 Å². The minimum Gasteiger partial charge on any atom is -0.497 e. The lowest BCUT2D eigenvalue weighted by Crippen LogP contribution is -2.32. The lowest BCUT2D eigenvalue weighted by molar-refractivity contribution is -0.192. The summed E-state index contributed by atoms with van der Waals surface area (Å²) in [6, 6.07) is 12.0. The quantitative estimate of drug-likeness (QED) is 0.753. The molecule has 1 amide bonds. The standard InChI is InChI=1S/C20H23N3O2.C2HF3O2/c1-25-18-6-4-15(5-7-18)11-23-13-17-12-22(14-19(17)20(23)24)10-16-3-2-8-21-9-16;3-2(4,5)1(6)7/h2-9,17,19H,10-14H2,1H3;(H,6,7)/t17-,19-;/m0./s1. The van der Waals surface area contributed by atoms with Crippen LogP contribution >= 0.6 is 0 Å². The van der Waals surface area contributed by atoms with Crippen LogP contribution in [-0.2, 0) is 22.7 Å². The third kappa shape index (κ3) is 5.97. The highest BCUT2D eigenvalue weighted by Gasteiger charge is 2.45. The average molecular weight is 451 g/mol. The van der Waals surface area contributed by atoms with Crippen LogP contribution in [0.2, 0.25) is 0 Å². The zero-order valence-corrected chi connectivity index (χ0v) is 17.5. The molecule has 32 heavy (non-hydrogen) atoms. The van der Waals surface area contributed by atoms with Crippen LogP contribution in [0.1, 0.15) is 11.1 Å². The number of fused-ring (bicyclic) bond motifs is 1. The molecule has 7 nitrogen and oxygen atoms in total. The van der Waals surface area contributed by atoms with Crippen LogP contribution in [0.15, 0.2) is 48.8 Å². The Balaban J connectivity index is 0.000000360. The molecule has 2 aliphatic rings. The van der Waals surface area contributed by atoms with Gasteiger partial charge in [0.2, 0.25) is 5.91 Å². The van der Waals surface area contributed by atoms with Crippen molar-refractivity contribution in [2.24, 2.45) is 11.8 Å². The number of amides is 1. The minimum absolute atomic E-state index is 0.148. The molecule has 1 N–H and O–H groups in total. The van der Waals surface area contributed by atoms with Gasteiger partial charge in [-0.3, -0.25) is 14.7 Å². The maximum atomic E-state index is 12.8. The zero-order valence-electron chi connectivity index (χ0n) is 17.5. The topological polar surface area (TPSA) is 83.0 Å². The van der Waals surface area contributed by atoms with Crippen LogP contribution in [0.4, 0.5) is 13.2 Å². The summed E-state index contributed by atoms with van der Waals surface area (Å²) in [6.07, 6.45) is -1.38. The van der Waals surface area contributed by atoms with Crippen LogP contribution < -0.4 is 4.74 Å². The number of alkyl halides is 3. The van der Waals surface area contributed by atoms with E-state index in [4.69, 9.17) is 14.6 Å². The number of rotatable bonds is 5. The van der Waals surface area contributed by atoms with Crippen molar-refractivity contribution in [2.45, 2.75) is 19.3 Å². The Morgan fingerprint density at radius 2 is 1.81 bits per heavy atom. The maximum Gasteiger partial charge on any atom is 0.490 e. The summed E-state index contributed by atoms with van der Waals surface area (Å²) in [6.45, 7) is 4.28. The first-order valence-electron chi connectivity index (χ1n) is 10.0. The Bertz CT molecular complexity index is 922. The van der Waals surface area contributed by atoms with Gasteiger partial charge in [0.1, 0.15) is 5.75 Å². The third-order valence-corrected chi connectivity index (χ3v) is 5.50. The van der Waals surface area contributed by atoms with Gasteiger partial charge in [-0.05, 0) is 29.3 Å². The van der Waals surface area contributed by atoms with E-state index >= 15 is 0 Å². The van der Waals surface area contributed by atoms with Gasteiger partial charge in [0.25, 0.3) is 0 Å². The predicted molar refractivity (Wildman–Crippen MR) is 109 cm³/mol. The van der Waals surface area contributed by atoms with Gasteiger partial charge < -0.3 is 14.7 Å². The summed E-state index contributed by atoms with van der Waals surface area (Å²) >= 11 is 0. The molecule has 2 aromatic rings. The van der Waals surface area contributed by atoms with Crippen molar-refractivity contribution < 1.29 is 32.6 Å². The zero-order chi connectivity index (χ0) is 23.3. The summed E-state index contributed by atoms with van der Waals surface area (Å²) in [4.78, 5) is 30.2. The van der Waals surface area contributed by atoms with Crippen LogP contribution in [0.3, 0.4) is 0 Å². The Hall–Kier alpha value is -3.14. The second-order valence-electron chi connectivity index (χ2n) is 7.79. The third-order valence-electron chi connectivity index (χ3n) is 5.50. The van der Waals surface area contributed by atoms with Gasteiger partial charge in [0.05, 0.1) is 13.0 Å². The fourth-order valence-electron chi connectivity index (χ4n) is 4.01. The number of halogens is 3. The maximum absolute atomic E-state index is 12.8. The summed E-state index contributed by atoms with van der Waals surface area (Å²) in [5, 5.41) is 7.12. The van der Waals surface area contributed by atoms with E-state index in [1.165, 1.54) is 5.56 Å². The highest BCUT2D eigenvalue weighted by molar-refractivity contribution is 5.82. The first-order chi connectivity index (χ1) is 15.2. The molecule has 2 atom stereocenters. The molecule has 0 spiro atoms. The molecule has 0 unspecified atom stereocenters. The summed E-state index contributed by atoms with van der Waals surface area (Å²) < 4.78 is 36.9. The fraction of sp³-hybridized carbons (Fsp3) is 0.409. The molecule has 1 aromatic heterocycles. The van der Waals surface area contributed by atoms with Crippen molar-refractivity contribution in [3.8, 4) is 5.75 Å². The number of aliphatic carboxylic acids is 1. The average Bonchev–Trinajstić information content (AvgIpc) is 3.27. The van der Waals surface area contributed by atoms with Crippen molar-refractivity contribution in [2.75, 3.05) is 26.7 Å². The van der Waals surface area contributed by atoms with Crippen LogP contribution in [0.5, 0.6) is 5.75 Å². The SMILES string of the molecule is COc1ccc(CN2C[C@@H]3CN(Cc4cccnc4)C[C@@H]3C2=O)cc1.O=C(O)C(F)(F)F. The molecular weight excluding hydrogens is 427 g/mol. The smallest absolute Gasteiger partial charge is 0.490 e. The number of carboxylic acid groups (broad SMARTS) is 1. The lowest BCUT2D eigenvalue weighted by Gasteiger charge is -2.21. The van der Waals surface area contributed by atoms with Gasteiger partial charge in [-0.1, -0.05) is 18.2 Å². The number of aromatic nitrogens is 1. The molecule has 2 fully saturated rings. The largest absolute Gasteiger partial charge is 0.497 e. The molecule has 172 valence electrons. The van der Waals surface area contributed by atoms with Gasteiger partial charge >= 0.3 is 12.1 Å². The normalized spacial score (nSPS) is 20.5. The molecule has 10 heteroatoms. The van der Waals surface area contributed by atoms with Crippen LogP contribution in [0, 0.1) is 11.8 Å². The van der Waals surface area contributed by atoms with Crippen molar-refractivity contribution in [1.29, 1.82) is 0 Å². The van der Waals surface area contributed by atoms with Crippen molar-refractivity contribution in [1.82, 2.24) is 14.8 Å². The van der Waals surface area contributed by atoms with E-state index in [1.54, 1.807) is 13.3 Å². The molecule has 1 aromatic carbocycles.